The summed E-state index contributed by atoms with van der Waals surface area (Å²) in [6.07, 6.45) is 1.32. The molecule has 2 N–H and O–H groups in total. The molecule has 0 radical (unpaired) electrons. The minimum atomic E-state index is -1.32. The van der Waals surface area contributed by atoms with Crippen molar-refractivity contribution < 1.29 is 23.4 Å². The number of anilines is 1. The van der Waals surface area contributed by atoms with Crippen LogP contribution < -0.4 is 10.1 Å². The number of nitrogens with zero attached hydrogens (tertiary/aromatic N) is 3. The molecule has 4 aromatic rings. The van der Waals surface area contributed by atoms with Gasteiger partial charge in [0.1, 0.15) is 28.6 Å². The SMILES string of the molecule is COc1cccc2c1c(F)c(C)n2CCNc1cc(-c2cc(F)c(C(=O)O)s2)ncn1. The summed E-state index contributed by atoms with van der Waals surface area (Å²) >= 11 is 0.809. The third-order valence-corrected chi connectivity index (χ3v) is 6.02. The Bertz CT molecular complexity index is 1290. The van der Waals surface area contributed by atoms with Gasteiger partial charge < -0.3 is 19.7 Å². The highest BCUT2D eigenvalue weighted by atomic mass is 32.1. The van der Waals surface area contributed by atoms with E-state index in [1.54, 1.807) is 19.1 Å². The number of benzene rings is 1. The predicted molar refractivity (Wildman–Crippen MR) is 114 cm³/mol. The highest BCUT2D eigenvalue weighted by molar-refractivity contribution is 7.17. The van der Waals surface area contributed by atoms with Crippen molar-refractivity contribution in [2.45, 2.75) is 13.5 Å². The third kappa shape index (κ3) is 3.81. The van der Waals surface area contributed by atoms with Crippen LogP contribution in [0.1, 0.15) is 15.4 Å². The molecule has 1 aromatic carbocycles. The molecule has 3 heterocycles. The first kappa shape index (κ1) is 20.7. The van der Waals surface area contributed by atoms with Crippen LogP contribution >= 0.6 is 11.3 Å². The number of fused-ring (bicyclic) bond motifs is 1. The summed E-state index contributed by atoms with van der Waals surface area (Å²) in [4.78, 5) is 19.3. The van der Waals surface area contributed by atoms with Crippen LogP contribution in [0.3, 0.4) is 0 Å². The Balaban J connectivity index is 1.53. The summed E-state index contributed by atoms with van der Waals surface area (Å²) in [6, 6.07) is 8.13. The smallest absolute Gasteiger partial charge is 0.348 e. The largest absolute Gasteiger partial charge is 0.496 e. The number of nitrogens with one attached hydrogen (secondary N) is 1. The lowest BCUT2D eigenvalue weighted by molar-refractivity contribution is 0.0697. The van der Waals surface area contributed by atoms with Crippen molar-refractivity contribution in [1.82, 2.24) is 14.5 Å². The molecule has 31 heavy (non-hydrogen) atoms. The van der Waals surface area contributed by atoms with Crippen LogP contribution in [0.25, 0.3) is 21.5 Å². The Morgan fingerprint density at radius 3 is 2.81 bits per heavy atom. The van der Waals surface area contributed by atoms with Crippen LogP contribution in [0.5, 0.6) is 5.75 Å². The molecule has 0 atom stereocenters. The molecular formula is C21H18F2N4O3S. The van der Waals surface area contributed by atoms with E-state index in [1.807, 2.05) is 16.7 Å². The van der Waals surface area contributed by atoms with E-state index in [9.17, 15) is 13.6 Å². The van der Waals surface area contributed by atoms with Gasteiger partial charge >= 0.3 is 5.97 Å². The number of rotatable bonds is 7. The lowest BCUT2D eigenvalue weighted by Crippen LogP contribution is -2.12. The number of carboxylic acid groups (broad SMARTS) is 1. The van der Waals surface area contributed by atoms with E-state index >= 15 is 0 Å². The average Bonchev–Trinajstić information content (AvgIpc) is 3.27. The van der Waals surface area contributed by atoms with E-state index in [0.29, 0.717) is 46.3 Å². The van der Waals surface area contributed by atoms with Crippen LogP contribution in [0.4, 0.5) is 14.6 Å². The Hall–Kier alpha value is -3.53. The second-order valence-corrected chi connectivity index (χ2v) is 7.77. The van der Waals surface area contributed by atoms with Gasteiger partial charge in [-0.25, -0.2) is 23.5 Å². The van der Waals surface area contributed by atoms with Gasteiger partial charge in [-0.3, -0.25) is 0 Å². The molecule has 4 rings (SSSR count). The standard InChI is InChI=1S/C21H18F2N4O3S/c1-11-19(23)18-14(4-3-5-15(18)30-2)27(11)7-6-24-17-9-13(25-10-26-17)16-8-12(22)20(31-16)21(28)29/h3-5,8-10H,6-7H2,1-2H3,(H,28,29)(H,24,25,26). The zero-order valence-electron chi connectivity index (χ0n) is 16.6. The van der Waals surface area contributed by atoms with Crippen LogP contribution in [-0.2, 0) is 6.54 Å². The number of methoxy groups -OCH3 is 1. The molecule has 0 aliphatic rings. The highest BCUT2D eigenvalue weighted by Gasteiger charge is 2.18. The summed E-state index contributed by atoms with van der Waals surface area (Å²) in [6.45, 7) is 2.62. The quantitative estimate of drug-likeness (QED) is 0.434. The molecule has 0 bridgehead atoms. The maximum absolute atomic E-state index is 14.7. The normalized spacial score (nSPS) is 11.1. The van der Waals surface area contributed by atoms with Gasteiger partial charge in [0.25, 0.3) is 0 Å². The van der Waals surface area contributed by atoms with Gasteiger partial charge in [0.2, 0.25) is 0 Å². The molecule has 3 aromatic heterocycles. The van der Waals surface area contributed by atoms with Crippen LogP contribution in [0.2, 0.25) is 0 Å². The van der Waals surface area contributed by atoms with Crippen LogP contribution in [0.15, 0.2) is 36.7 Å². The Morgan fingerprint density at radius 1 is 1.29 bits per heavy atom. The number of carbonyl (C=O) groups is 1. The van der Waals surface area contributed by atoms with E-state index in [0.717, 1.165) is 22.9 Å². The van der Waals surface area contributed by atoms with E-state index < -0.39 is 11.8 Å². The van der Waals surface area contributed by atoms with Crippen molar-refractivity contribution in [3.05, 3.63) is 58.9 Å². The Labute approximate surface area is 180 Å². The first-order valence-corrected chi connectivity index (χ1v) is 10.1. The molecule has 0 aliphatic carbocycles. The fourth-order valence-electron chi connectivity index (χ4n) is 3.43. The molecule has 0 saturated carbocycles. The Morgan fingerprint density at radius 2 is 2.10 bits per heavy atom. The van der Waals surface area contributed by atoms with E-state index in [-0.39, 0.29) is 10.7 Å². The number of hydrogen-bond donors (Lipinski definition) is 2. The zero-order valence-corrected chi connectivity index (χ0v) is 17.5. The maximum atomic E-state index is 14.7. The van der Waals surface area contributed by atoms with E-state index in [2.05, 4.69) is 15.3 Å². The minimum absolute atomic E-state index is 0.314. The Kier molecular flexibility index (Phi) is 5.55. The van der Waals surface area contributed by atoms with Gasteiger partial charge in [-0.1, -0.05) is 6.07 Å². The molecule has 0 aliphatic heterocycles. The number of thiophene rings is 1. The minimum Gasteiger partial charge on any atom is -0.496 e. The van der Waals surface area contributed by atoms with Crippen molar-refractivity contribution in [2.24, 2.45) is 0 Å². The highest BCUT2D eigenvalue weighted by Crippen LogP contribution is 2.32. The summed E-state index contributed by atoms with van der Waals surface area (Å²) in [5, 5.41) is 12.6. The van der Waals surface area contributed by atoms with Crippen molar-refractivity contribution in [1.29, 1.82) is 0 Å². The van der Waals surface area contributed by atoms with E-state index in [4.69, 9.17) is 9.84 Å². The van der Waals surface area contributed by atoms with Crippen LogP contribution in [0, 0.1) is 18.6 Å². The van der Waals surface area contributed by atoms with Gasteiger partial charge in [-0.15, -0.1) is 11.3 Å². The maximum Gasteiger partial charge on any atom is 0.348 e. The number of ether oxygens (including phenoxy) is 1. The molecule has 0 amide bonds. The fraction of sp³-hybridized carbons (Fsp3) is 0.190. The summed E-state index contributed by atoms with van der Waals surface area (Å²) < 4.78 is 35.7. The number of halogens is 2. The zero-order chi connectivity index (χ0) is 22.1. The van der Waals surface area contributed by atoms with E-state index in [1.165, 1.54) is 13.4 Å². The summed E-state index contributed by atoms with van der Waals surface area (Å²) in [7, 11) is 1.51. The fourth-order valence-corrected chi connectivity index (χ4v) is 4.27. The first-order valence-electron chi connectivity index (χ1n) is 9.31. The molecule has 0 saturated heterocycles. The summed E-state index contributed by atoms with van der Waals surface area (Å²) in [5.74, 6) is -1.46. The average molecular weight is 444 g/mol. The monoisotopic (exact) mass is 444 g/mol. The van der Waals surface area contributed by atoms with Gasteiger partial charge in [0.05, 0.1) is 34.3 Å². The molecule has 10 heteroatoms. The van der Waals surface area contributed by atoms with Gasteiger partial charge in [0, 0.05) is 19.2 Å². The molecule has 0 fully saturated rings. The van der Waals surface area contributed by atoms with Crippen molar-refractivity contribution in [3.63, 3.8) is 0 Å². The molecular weight excluding hydrogens is 426 g/mol. The van der Waals surface area contributed by atoms with Crippen molar-refractivity contribution in [2.75, 3.05) is 19.0 Å². The molecule has 7 nitrogen and oxygen atoms in total. The number of aromatic carboxylic acids is 1. The number of carboxylic acids is 1. The second kappa shape index (κ2) is 8.31. The number of aromatic nitrogens is 3. The summed E-state index contributed by atoms with van der Waals surface area (Å²) in [5.41, 5.74) is 1.64. The van der Waals surface area contributed by atoms with Gasteiger partial charge in [-0.2, -0.15) is 0 Å². The third-order valence-electron chi connectivity index (χ3n) is 4.90. The predicted octanol–water partition coefficient (Wildman–Crippen LogP) is 4.57. The molecule has 0 spiro atoms. The van der Waals surface area contributed by atoms with Crippen molar-refractivity contribution in [3.8, 4) is 16.3 Å². The molecule has 0 unspecified atom stereocenters. The first-order chi connectivity index (χ1) is 14.9. The lowest BCUT2D eigenvalue weighted by atomic mass is 10.2. The molecule has 160 valence electrons. The van der Waals surface area contributed by atoms with Crippen LogP contribution in [-0.4, -0.2) is 39.3 Å². The number of hydrogen-bond acceptors (Lipinski definition) is 6. The second-order valence-electron chi connectivity index (χ2n) is 6.71. The topological polar surface area (TPSA) is 89.3 Å². The lowest BCUT2D eigenvalue weighted by Gasteiger charge is -2.10. The van der Waals surface area contributed by atoms with Crippen molar-refractivity contribution >= 4 is 34.0 Å². The van der Waals surface area contributed by atoms with Gasteiger partial charge in [0.15, 0.2) is 5.82 Å². The van der Waals surface area contributed by atoms with Gasteiger partial charge in [-0.05, 0) is 25.1 Å².